The topological polar surface area (TPSA) is 162 Å². The van der Waals surface area contributed by atoms with Crippen molar-refractivity contribution in [1.82, 2.24) is 4.98 Å². The summed E-state index contributed by atoms with van der Waals surface area (Å²) in [5, 5.41) is 8.17. The minimum Gasteiger partial charge on any atom is -0.424 e. The van der Waals surface area contributed by atoms with E-state index in [1.54, 1.807) is 43.5 Å². The normalized spacial score (nSPS) is 11.2. The number of hydrogen-bond acceptors (Lipinski definition) is 12. The van der Waals surface area contributed by atoms with E-state index >= 15 is 0 Å². The number of carbonyl (C=O) groups is 1. The third kappa shape index (κ3) is 12.2. The van der Waals surface area contributed by atoms with Crippen molar-refractivity contribution < 1.29 is 33.2 Å². The van der Waals surface area contributed by atoms with E-state index in [-0.39, 0.29) is 30.4 Å². The van der Waals surface area contributed by atoms with Crippen molar-refractivity contribution in [3.8, 4) is 5.75 Å². The van der Waals surface area contributed by atoms with Crippen molar-refractivity contribution in [3.05, 3.63) is 36.4 Å². The van der Waals surface area contributed by atoms with Crippen LogP contribution in [0.15, 0.2) is 46.6 Å². The minimum absolute atomic E-state index is 0.0759. The van der Waals surface area contributed by atoms with Gasteiger partial charge in [-0.05, 0) is 24.3 Å². The highest BCUT2D eigenvalue weighted by atomic mass is 16.6. The molecule has 0 unspecified atom stereocenters. The summed E-state index contributed by atoms with van der Waals surface area (Å²) in [4.78, 5) is 16.1. The first-order chi connectivity index (χ1) is 17.1. The minimum atomic E-state index is -0.455. The summed E-state index contributed by atoms with van der Waals surface area (Å²) >= 11 is 0. The van der Waals surface area contributed by atoms with Gasteiger partial charge < -0.3 is 39.9 Å². The number of ether oxygens (including phenoxy) is 6. The molecule has 12 heteroatoms. The highest BCUT2D eigenvalue weighted by molar-refractivity contribution is 5.74. The van der Waals surface area contributed by atoms with Gasteiger partial charge in [-0.2, -0.15) is 0 Å². The third-order valence-electron chi connectivity index (χ3n) is 4.28. The molecule has 12 nitrogen and oxygen atoms in total. The van der Waals surface area contributed by atoms with Crippen LogP contribution in [0.25, 0.3) is 0 Å². The van der Waals surface area contributed by atoms with E-state index in [0.717, 1.165) is 0 Å². The number of para-hydroxylation sites is 1. The Hall–Kier alpha value is -3.16. The van der Waals surface area contributed by atoms with E-state index in [4.69, 9.17) is 39.9 Å². The van der Waals surface area contributed by atoms with Crippen LogP contribution in [0.1, 0.15) is 6.42 Å². The molecule has 1 aromatic carbocycles. The van der Waals surface area contributed by atoms with Crippen molar-refractivity contribution in [2.75, 3.05) is 78.0 Å². The van der Waals surface area contributed by atoms with E-state index in [0.29, 0.717) is 64.2 Å². The molecule has 0 atom stereocenters. The number of methoxy groups -OCH3 is 1. The molecule has 0 bridgehead atoms. The molecular weight excluding hydrogens is 458 g/mol. The van der Waals surface area contributed by atoms with E-state index in [1.807, 2.05) is 0 Å². The van der Waals surface area contributed by atoms with Gasteiger partial charge in [0.2, 0.25) is 0 Å². The van der Waals surface area contributed by atoms with Crippen molar-refractivity contribution in [3.63, 3.8) is 0 Å². The fraction of sp³-hybridized carbons (Fsp3) is 0.478. The molecule has 192 valence electrons. The Balaban J connectivity index is 1.58. The predicted octanol–water partition coefficient (Wildman–Crippen LogP) is 2.67. The Morgan fingerprint density at radius 1 is 0.771 bits per heavy atom. The molecule has 0 amide bonds. The van der Waals surface area contributed by atoms with Crippen LogP contribution in [0, 0.1) is 0 Å². The van der Waals surface area contributed by atoms with Gasteiger partial charge in [-0.1, -0.05) is 12.1 Å². The van der Waals surface area contributed by atoms with Crippen LogP contribution >= 0.6 is 0 Å². The summed E-state index contributed by atoms with van der Waals surface area (Å²) in [5.41, 5.74) is 12.1. The second kappa shape index (κ2) is 17.3. The highest BCUT2D eigenvalue weighted by Gasteiger charge is 2.09. The van der Waals surface area contributed by atoms with Crippen LogP contribution in [-0.2, 0) is 28.5 Å². The average molecular weight is 492 g/mol. The lowest BCUT2D eigenvalue weighted by atomic mass is 10.3. The zero-order chi connectivity index (χ0) is 25.1. The molecule has 2 aromatic rings. The van der Waals surface area contributed by atoms with Gasteiger partial charge in [0, 0.05) is 7.11 Å². The van der Waals surface area contributed by atoms with Gasteiger partial charge in [0.15, 0.2) is 11.6 Å². The number of pyridine rings is 1. The predicted molar refractivity (Wildman–Crippen MR) is 129 cm³/mol. The number of carbonyl (C=O) groups excluding carboxylic acids is 1. The molecule has 1 heterocycles. The number of hydrogen-bond donors (Lipinski definition) is 2. The summed E-state index contributed by atoms with van der Waals surface area (Å²) < 4.78 is 31.7. The van der Waals surface area contributed by atoms with Gasteiger partial charge in [-0.3, -0.25) is 4.79 Å². The van der Waals surface area contributed by atoms with Crippen molar-refractivity contribution in [2.24, 2.45) is 10.2 Å². The summed E-state index contributed by atoms with van der Waals surface area (Å²) in [5.74, 6) is 0.258. The Kier molecular flexibility index (Phi) is 13.9. The maximum atomic E-state index is 12.2. The summed E-state index contributed by atoms with van der Waals surface area (Å²) in [6, 6.07) is 9.94. The largest absolute Gasteiger partial charge is 0.424 e. The van der Waals surface area contributed by atoms with Crippen LogP contribution in [0.4, 0.5) is 23.0 Å². The highest BCUT2D eigenvalue weighted by Crippen LogP contribution is 2.30. The smallest absolute Gasteiger partial charge is 0.313 e. The first-order valence-electron chi connectivity index (χ1n) is 11.1. The third-order valence-corrected chi connectivity index (χ3v) is 4.28. The standard InChI is InChI=1S/C23H33N5O7/c1-30-10-11-32-14-15-34-17-16-33-13-12-31-9-8-22(29)35-20-5-3-2-4-18(20)27-28-19-6-7-21(24)26-23(19)25/h2-7H,8-17H2,1H3,(H4,24,25,26)/b28-27+. The molecule has 0 radical (unpaired) electrons. The van der Waals surface area contributed by atoms with Gasteiger partial charge in [-0.25, -0.2) is 4.98 Å². The SMILES string of the molecule is COCCOCCOCCOCCOCCC(=O)Oc1ccccc1/N=N/c1ccc(N)nc1N. The fourth-order valence-electron chi connectivity index (χ4n) is 2.53. The van der Waals surface area contributed by atoms with Gasteiger partial charge in [0.25, 0.3) is 0 Å². The maximum Gasteiger partial charge on any atom is 0.313 e. The summed E-state index contributed by atoms with van der Waals surface area (Å²) in [6.45, 7) is 4.02. The number of aromatic nitrogens is 1. The second-order valence-electron chi connectivity index (χ2n) is 6.97. The molecule has 1 aromatic heterocycles. The van der Waals surface area contributed by atoms with E-state index < -0.39 is 5.97 Å². The number of nitrogen functional groups attached to an aromatic ring is 2. The molecule has 35 heavy (non-hydrogen) atoms. The van der Waals surface area contributed by atoms with Gasteiger partial charge in [-0.15, -0.1) is 10.2 Å². The Bertz CT molecular complexity index is 914. The molecule has 0 aliphatic rings. The molecular formula is C23H33N5O7. The zero-order valence-electron chi connectivity index (χ0n) is 19.9. The number of anilines is 2. The molecule has 0 fully saturated rings. The van der Waals surface area contributed by atoms with Gasteiger partial charge in [0.05, 0.1) is 65.9 Å². The van der Waals surface area contributed by atoms with Crippen molar-refractivity contribution in [2.45, 2.75) is 6.42 Å². The van der Waals surface area contributed by atoms with Crippen LogP contribution < -0.4 is 16.2 Å². The number of azo groups is 1. The second-order valence-corrected chi connectivity index (χ2v) is 6.97. The maximum absolute atomic E-state index is 12.2. The quantitative estimate of drug-likeness (QED) is 0.137. The monoisotopic (exact) mass is 491 g/mol. The number of nitrogens with zero attached hydrogens (tertiary/aromatic N) is 3. The number of rotatable bonds is 18. The van der Waals surface area contributed by atoms with E-state index in [1.165, 1.54) is 0 Å². The Morgan fingerprint density at radius 2 is 1.34 bits per heavy atom. The first-order valence-corrected chi connectivity index (χ1v) is 11.1. The number of nitrogens with two attached hydrogens (primary N) is 2. The first kappa shape index (κ1) is 28.1. The summed E-state index contributed by atoms with van der Waals surface area (Å²) in [6.07, 6.45) is 0.0759. The van der Waals surface area contributed by atoms with Crippen molar-refractivity contribution >= 4 is 29.0 Å². The molecule has 0 saturated carbocycles. The van der Waals surface area contributed by atoms with Gasteiger partial charge in [0.1, 0.15) is 17.2 Å². The van der Waals surface area contributed by atoms with Crippen LogP contribution in [-0.4, -0.2) is 77.5 Å². The van der Waals surface area contributed by atoms with Gasteiger partial charge >= 0.3 is 5.97 Å². The Labute approximate surface area is 204 Å². The van der Waals surface area contributed by atoms with E-state index in [9.17, 15) is 4.79 Å². The lowest BCUT2D eigenvalue weighted by Gasteiger charge is -2.08. The molecule has 2 rings (SSSR count). The molecule has 4 N–H and O–H groups in total. The van der Waals surface area contributed by atoms with Crippen LogP contribution in [0.5, 0.6) is 5.75 Å². The lowest BCUT2D eigenvalue weighted by molar-refractivity contribution is -0.135. The van der Waals surface area contributed by atoms with Crippen molar-refractivity contribution in [1.29, 1.82) is 0 Å². The molecule has 0 spiro atoms. The molecule has 0 aliphatic carbocycles. The fourth-order valence-corrected chi connectivity index (χ4v) is 2.53. The summed E-state index contributed by atoms with van der Waals surface area (Å²) in [7, 11) is 1.63. The number of benzene rings is 1. The van der Waals surface area contributed by atoms with Crippen LogP contribution in [0.2, 0.25) is 0 Å². The number of esters is 1. The zero-order valence-corrected chi connectivity index (χ0v) is 19.9. The molecule has 0 saturated heterocycles. The Morgan fingerprint density at radius 3 is 1.97 bits per heavy atom. The van der Waals surface area contributed by atoms with Crippen LogP contribution in [0.3, 0.4) is 0 Å². The molecule has 0 aliphatic heterocycles. The van der Waals surface area contributed by atoms with E-state index in [2.05, 4.69) is 15.2 Å². The lowest BCUT2D eigenvalue weighted by Crippen LogP contribution is -2.14. The average Bonchev–Trinajstić information content (AvgIpc) is 2.84.